The van der Waals surface area contributed by atoms with Gasteiger partial charge in [0.05, 0.1) is 23.8 Å². The number of benzene rings is 2. The van der Waals surface area contributed by atoms with Gasteiger partial charge in [-0.15, -0.1) is 5.10 Å². The summed E-state index contributed by atoms with van der Waals surface area (Å²) in [5, 5.41) is 42.9. The molecule has 4 heterocycles. The Balaban J connectivity index is 1.47. The smallest absolute Gasteiger partial charge is 0.233 e. The van der Waals surface area contributed by atoms with E-state index in [4.69, 9.17) is 4.74 Å². The van der Waals surface area contributed by atoms with Crippen LogP contribution < -0.4 is 0 Å². The molecule has 9 nitrogen and oxygen atoms in total. The van der Waals surface area contributed by atoms with Crippen LogP contribution in [0, 0.1) is 17.5 Å². The van der Waals surface area contributed by atoms with E-state index in [1.54, 1.807) is 30.1 Å². The molecule has 2 bridgehead atoms. The van der Waals surface area contributed by atoms with Crippen molar-refractivity contribution in [1.82, 2.24) is 19.9 Å². The van der Waals surface area contributed by atoms with Crippen molar-refractivity contribution in [1.29, 1.82) is 0 Å². The molecule has 3 aromatic rings. The van der Waals surface area contributed by atoms with Crippen molar-refractivity contribution in [2.75, 3.05) is 13.7 Å². The third-order valence-corrected chi connectivity index (χ3v) is 11.9. The number of carbonyl (C=O) groups excluding carboxylic acids is 1. The average molecular weight is 713 g/mol. The minimum absolute atomic E-state index is 0.232. The van der Waals surface area contributed by atoms with E-state index in [2.05, 4.69) is 10.3 Å². The maximum Gasteiger partial charge on any atom is 0.233 e. The number of fused-ring (bicyclic) bond motifs is 3. The Bertz CT molecular complexity index is 1640. The summed E-state index contributed by atoms with van der Waals surface area (Å²) in [6, 6.07) is 8.56. The molecule has 6 rings (SSSR count). The molecule has 1 aromatic heterocycles. The first-order valence-electron chi connectivity index (χ1n) is 18.7. The van der Waals surface area contributed by atoms with Crippen LogP contribution in [0.2, 0.25) is 0 Å². The van der Waals surface area contributed by atoms with E-state index in [1.807, 2.05) is 0 Å². The average Bonchev–Trinajstić information content (AvgIpc) is 3.60. The van der Waals surface area contributed by atoms with Crippen molar-refractivity contribution in [3.63, 3.8) is 0 Å². The van der Waals surface area contributed by atoms with Gasteiger partial charge in [0, 0.05) is 12.6 Å². The molecule has 7 atom stereocenters. The predicted octanol–water partition coefficient (Wildman–Crippen LogP) is 6.40. The minimum Gasteiger partial charge on any atom is -0.394 e. The number of halogens is 3. The van der Waals surface area contributed by atoms with Crippen LogP contribution in [0.25, 0.3) is 11.3 Å². The number of aliphatic hydroxyl groups is 3. The van der Waals surface area contributed by atoms with Gasteiger partial charge < -0.3 is 25.0 Å². The summed E-state index contributed by atoms with van der Waals surface area (Å²) in [5.41, 5.74) is -0.990. The molecule has 3 N–H and O–H groups in total. The fraction of sp³-hybridized carbons (Fsp3) is 0.615. The summed E-state index contributed by atoms with van der Waals surface area (Å²) in [5.74, 6) is -2.65. The number of hydrogen-bond acceptors (Lipinski definition) is 7. The van der Waals surface area contributed by atoms with Gasteiger partial charge in [-0.2, -0.15) is 0 Å². The Morgan fingerprint density at radius 2 is 1.45 bits per heavy atom. The molecule has 3 fully saturated rings. The molecule has 3 aliphatic rings. The summed E-state index contributed by atoms with van der Waals surface area (Å²) in [6.45, 7) is -0.557. The Morgan fingerprint density at radius 1 is 0.824 bits per heavy atom. The number of likely N-dealkylation sites (N-methyl/N-ethyl adjacent to an activating group) is 1. The zero-order valence-electron chi connectivity index (χ0n) is 29.4. The lowest BCUT2D eigenvalue weighted by Gasteiger charge is -2.55. The number of aromatic nitrogens is 3. The maximum absolute atomic E-state index is 15.4. The zero-order valence-corrected chi connectivity index (χ0v) is 29.4. The highest BCUT2D eigenvalue weighted by atomic mass is 19.2. The highest BCUT2D eigenvalue weighted by Gasteiger charge is 2.58. The number of amides is 1. The van der Waals surface area contributed by atoms with Crippen molar-refractivity contribution in [2.45, 2.75) is 138 Å². The Morgan fingerprint density at radius 3 is 2.06 bits per heavy atom. The van der Waals surface area contributed by atoms with Crippen LogP contribution in [0.4, 0.5) is 13.2 Å². The molecule has 0 radical (unpaired) electrons. The third kappa shape index (κ3) is 7.47. The van der Waals surface area contributed by atoms with Crippen LogP contribution in [-0.2, 0) is 14.9 Å². The number of aliphatic hydroxyl groups excluding tert-OH is 3. The van der Waals surface area contributed by atoms with Gasteiger partial charge in [0.15, 0.2) is 11.6 Å². The van der Waals surface area contributed by atoms with Crippen LogP contribution >= 0.6 is 0 Å². The molecular formula is C39H51F3N4O5. The van der Waals surface area contributed by atoms with E-state index >= 15 is 4.79 Å². The van der Waals surface area contributed by atoms with E-state index in [1.165, 1.54) is 29.1 Å². The SMILES string of the molecule is CN1C(=O)C2(c3ccc(F)c(F)c3)CCCCCCCC[C@]1([C@@H]1O[C@H](CO)[C@H](O)[C@H](n3cc(-c4cccc(F)c4)nn3)[C@H]1O)CCCCCCC2. The first-order valence-corrected chi connectivity index (χ1v) is 18.7. The summed E-state index contributed by atoms with van der Waals surface area (Å²) < 4.78 is 51.2. The molecule has 0 aliphatic carbocycles. The number of ether oxygens (including phenoxy) is 1. The molecule has 12 heteroatoms. The summed E-state index contributed by atoms with van der Waals surface area (Å²) in [6.07, 6.45) is 7.92. The Kier molecular flexibility index (Phi) is 11.8. The van der Waals surface area contributed by atoms with Gasteiger partial charge in [-0.3, -0.25) is 4.79 Å². The second-order valence-electron chi connectivity index (χ2n) is 14.9. The van der Waals surface area contributed by atoms with Gasteiger partial charge in [0.1, 0.15) is 42.0 Å². The fourth-order valence-corrected chi connectivity index (χ4v) is 9.02. The van der Waals surface area contributed by atoms with Crippen molar-refractivity contribution in [3.8, 4) is 11.3 Å². The normalized spacial score (nSPS) is 31.8. The van der Waals surface area contributed by atoms with Gasteiger partial charge in [0.25, 0.3) is 0 Å². The van der Waals surface area contributed by atoms with Gasteiger partial charge >= 0.3 is 0 Å². The van der Waals surface area contributed by atoms with Crippen molar-refractivity contribution in [3.05, 3.63) is 71.7 Å². The van der Waals surface area contributed by atoms with Crippen LogP contribution in [0.15, 0.2) is 48.7 Å². The summed E-state index contributed by atoms with van der Waals surface area (Å²) >= 11 is 0. The van der Waals surface area contributed by atoms with Gasteiger partial charge in [-0.25, -0.2) is 17.9 Å². The zero-order chi connectivity index (χ0) is 36.2. The van der Waals surface area contributed by atoms with Gasteiger partial charge in [-0.05, 0) is 55.5 Å². The van der Waals surface area contributed by atoms with Crippen LogP contribution in [0.5, 0.6) is 0 Å². The van der Waals surface area contributed by atoms with E-state index in [-0.39, 0.29) is 5.91 Å². The van der Waals surface area contributed by atoms with Crippen LogP contribution in [0.3, 0.4) is 0 Å². The monoisotopic (exact) mass is 712 g/mol. The molecule has 3 aliphatic heterocycles. The Labute approximate surface area is 297 Å². The predicted molar refractivity (Wildman–Crippen MR) is 185 cm³/mol. The van der Waals surface area contributed by atoms with E-state index in [0.717, 1.165) is 76.7 Å². The van der Waals surface area contributed by atoms with Crippen LogP contribution in [-0.4, -0.2) is 84.7 Å². The van der Waals surface area contributed by atoms with Gasteiger partial charge in [0.2, 0.25) is 5.91 Å². The molecule has 0 spiro atoms. The number of rotatable bonds is 5. The minimum atomic E-state index is -1.41. The maximum atomic E-state index is 15.4. The Hall–Kier alpha value is -3.32. The molecular weight excluding hydrogens is 661 g/mol. The number of nitrogens with zero attached hydrogens (tertiary/aromatic N) is 4. The quantitative estimate of drug-likeness (QED) is 0.280. The number of hydrogen-bond donors (Lipinski definition) is 3. The lowest BCUT2D eigenvalue weighted by atomic mass is 9.68. The standard InChI is InChI=1S/C39H51F3N4O5/c1-45-37(50)38(27-16-17-29(41)30(42)23-27)18-9-5-2-3-7-11-20-39(45,21-12-8-4-6-10-19-38)36-35(49)33(34(48)32(25-47)51-36)46-24-31(43-44-46)26-14-13-15-28(40)22-26/h13-17,22-24,32-36,47-49H,2-12,18-21,25H2,1H3/t32-,33+,34+,35-,36-,38?,39-/m1/s1. The first-order chi connectivity index (χ1) is 24.6. The van der Waals surface area contributed by atoms with Crippen molar-refractivity contribution < 1.29 is 38.0 Å². The fourth-order valence-electron chi connectivity index (χ4n) is 9.02. The highest BCUT2D eigenvalue weighted by molar-refractivity contribution is 5.89. The molecule has 3 saturated heterocycles. The summed E-state index contributed by atoms with van der Waals surface area (Å²) in [4.78, 5) is 17.1. The first kappa shape index (κ1) is 37.4. The topological polar surface area (TPSA) is 121 Å². The van der Waals surface area contributed by atoms with E-state index < -0.39 is 65.5 Å². The molecule has 278 valence electrons. The third-order valence-electron chi connectivity index (χ3n) is 11.9. The van der Waals surface area contributed by atoms with E-state index in [0.29, 0.717) is 42.5 Å². The van der Waals surface area contributed by atoms with Crippen molar-refractivity contribution >= 4 is 5.91 Å². The second-order valence-corrected chi connectivity index (χ2v) is 14.9. The molecule has 51 heavy (non-hydrogen) atoms. The molecule has 1 amide bonds. The van der Waals surface area contributed by atoms with E-state index in [9.17, 15) is 28.5 Å². The molecule has 0 saturated carbocycles. The second kappa shape index (κ2) is 16.1. The van der Waals surface area contributed by atoms with Crippen molar-refractivity contribution in [2.24, 2.45) is 0 Å². The lowest BCUT2D eigenvalue weighted by Crippen LogP contribution is -2.69. The largest absolute Gasteiger partial charge is 0.394 e. The highest BCUT2D eigenvalue weighted by Crippen LogP contribution is 2.47. The molecule has 2 aromatic carbocycles. The summed E-state index contributed by atoms with van der Waals surface area (Å²) in [7, 11) is 1.74. The van der Waals surface area contributed by atoms with Gasteiger partial charge in [-0.1, -0.05) is 94.0 Å². The van der Waals surface area contributed by atoms with Crippen LogP contribution in [0.1, 0.15) is 108 Å². The number of carbonyl (C=O) groups is 1. The lowest BCUT2D eigenvalue weighted by molar-refractivity contribution is -0.242. The molecule has 1 unspecified atom stereocenters.